The van der Waals surface area contributed by atoms with Crippen LogP contribution in [0, 0.1) is 0 Å². The minimum Gasteiger partial charge on any atom is -0.298 e. The van der Waals surface area contributed by atoms with Crippen LogP contribution in [0.1, 0.15) is 0 Å². The van der Waals surface area contributed by atoms with Gasteiger partial charge in [-0.05, 0) is 0 Å². The Hall–Kier alpha value is -1.01. The maximum atomic E-state index is 10.4. The van der Waals surface area contributed by atoms with E-state index < -0.39 is 12.5 Å². The van der Waals surface area contributed by atoms with E-state index in [1.54, 1.807) is 0 Å². The second-order valence-electron chi connectivity index (χ2n) is 1.44. The summed E-state index contributed by atoms with van der Waals surface area (Å²) in [6.07, 6.45) is 0. The van der Waals surface area contributed by atoms with Crippen LogP contribution >= 0.6 is 11.3 Å². The number of nitrogens with zero attached hydrogens (tertiary/aromatic N) is 2. The molecular weight excluding hydrogens is 154 g/mol. The molecule has 1 aromatic heterocycles. The molecule has 6 heteroatoms. The van der Waals surface area contributed by atoms with Gasteiger partial charge in [-0.1, -0.05) is 11.3 Å². The third kappa shape index (κ3) is 1.74. The third-order valence-electron chi connectivity index (χ3n) is 0.737. The average Bonchev–Trinajstić information content (AvgIpc) is 2.40. The normalized spacial score (nSPS) is 9.30. The summed E-state index contributed by atoms with van der Waals surface area (Å²) in [5.74, 6) is -0.586. The highest BCUT2D eigenvalue weighted by Crippen LogP contribution is 2.06. The Labute approximate surface area is 60.7 Å². The molecule has 1 N–H and O–H groups in total. The van der Waals surface area contributed by atoms with Gasteiger partial charge in [-0.3, -0.25) is 10.1 Å². The van der Waals surface area contributed by atoms with E-state index in [1.165, 1.54) is 16.8 Å². The summed E-state index contributed by atoms with van der Waals surface area (Å²) < 4.78 is 0. The van der Waals surface area contributed by atoms with Crippen LogP contribution in [0.5, 0.6) is 0 Å². The smallest absolute Gasteiger partial charge is 0.255 e. The van der Waals surface area contributed by atoms with Crippen molar-refractivity contribution in [2.24, 2.45) is 0 Å². The molecule has 1 radical (unpaired) electrons. The van der Waals surface area contributed by atoms with Gasteiger partial charge in [-0.2, -0.15) is 0 Å². The lowest BCUT2D eigenvalue weighted by Crippen LogP contribution is -2.14. The maximum Gasteiger partial charge on any atom is 0.255 e. The highest BCUT2D eigenvalue weighted by atomic mass is 32.1. The standard InChI is InChI=1S/C4H4N3O2S/c8-1-3(9)6-4-7-5-2-10-4/h2H,1H2,(H,6,7,9). The number of hydrogen-bond acceptors (Lipinski definition) is 4. The summed E-state index contributed by atoms with van der Waals surface area (Å²) >= 11 is 1.17. The predicted molar refractivity (Wildman–Crippen MR) is 34.1 cm³/mol. The second-order valence-corrected chi connectivity index (χ2v) is 2.27. The van der Waals surface area contributed by atoms with Gasteiger partial charge >= 0.3 is 0 Å². The monoisotopic (exact) mass is 158 g/mol. The Morgan fingerprint density at radius 3 is 3.10 bits per heavy atom. The van der Waals surface area contributed by atoms with E-state index in [1.807, 2.05) is 0 Å². The van der Waals surface area contributed by atoms with E-state index in [0.29, 0.717) is 5.13 Å². The highest BCUT2D eigenvalue weighted by Gasteiger charge is 2.01. The van der Waals surface area contributed by atoms with Gasteiger partial charge in [0, 0.05) is 0 Å². The number of amides is 1. The van der Waals surface area contributed by atoms with Gasteiger partial charge in [0.05, 0.1) is 0 Å². The zero-order valence-electron chi connectivity index (χ0n) is 4.90. The van der Waals surface area contributed by atoms with Crippen LogP contribution in [0.2, 0.25) is 0 Å². The molecule has 1 heterocycles. The second kappa shape index (κ2) is 3.23. The fourth-order valence-corrected chi connectivity index (χ4v) is 0.844. The molecule has 0 fully saturated rings. The van der Waals surface area contributed by atoms with Crippen molar-refractivity contribution in [2.45, 2.75) is 0 Å². The Balaban J connectivity index is 2.48. The van der Waals surface area contributed by atoms with Crippen molar-refractivity contribution in [1.29, 1.82) is 0 Å². The van der Waals surface area contributed by atoms with Crippen LogP contribution in [0.25, 0.3) is 0 Å². The Bertz CT molecular complexity index is 210. The molecule has 0 aromatic carbocycles. The lowest BCUT2D eigenvalue weighted by Gasteiger charge is -1.92. The van der Waals surface area contributed by atoms with Gasteiger partial charge in [0.1, 0.15) is 5.51 Å². The molecular formula is C4H4N3O2S. The number of carbonyl (C=O) groups is 1. The van der Waals surface area contributed by atoms with Gasteiger partial charge in [-0.25, -0.2) is 5.11 Å². The van der Waals surface area contributed by atoms with Gasteiger partial charge in [0.25, 0.3) is 5.91 Å². The molecule has 0 atom stereocenters. The molecule has 5 nitrogen and oxygen atoms in total. The summed E-state index contributed by atoms with van der Waals surface area (Å²) in [6.45, 7) is -0.778. The van der Waals surface area contributed by atoms with Crippen molar-refractivity contribution in [3.05, 3.63) is 5.51 Å². The van der Waals surface area contributed by atoms with Crippen LogP contribution in [0.3, 0.4) is 0 Å². The van der Waals surface area contributed by atoms with Gasteiger partial charge in [0.2, 0.25) is 5.13 Å². The largest absolute Gasteiger partial charge is 0.298 e. The first-order valence-electron chi connectivity index (χ1n) is 2.47. The van der Waals surface area contributed by atoms with Crippen molar-refractivity contribution >= 4 is 22.4 Å². The molecule has 53 valence electrons. The molecule has 0 spiro atoms. The van der Waals surface area contributed by atoms with Crippen molar-refractivity contribution in [2.75, 3.05) is 11.9 Å². The van der Waals surface area contributed by atoms with Crippen LogP contribution in [-0.4, -0.2) is 22.7 Å². The number of carbonyl (C=O) groups excluding carboxylic acids is 1. The first-order chi connectivity index (χ1) is 4.83. The fourth-order valence-electron chi connectivity index (χ4n) is 0.383. The molecule has 0 unspecified atom stereocenters. The van der Waals surface area contributed by atoms with E-state index in [2.05, 4.69) is 15.5 Å². The number of aromatic nitrogens is 2. The molecule has 1 rings (SSSR count). The van der Waals surface area contributed by atoms with Crippen LogP contribution in [-0.2, 0) is 9.90 Å². The molecule has 1 amide bonds. The molecule has 0 saturated carbocycles. The van der Waals surface area contributed by atoms with Crippen molar-refractivity contribution in [1.82, 2.24) is 10.2 Å². The van der Waals surface area contributed by atoms with Gasteiger partial charge in [-0.15, -0.1) is 10.2 Å². The topological polar surface area (TPSA) is 74.8 Å². The summed E-state index contributed by atoms with van der Waals surface area (Å²) in [5, 5.41) is 19.5. The Kier molecular flexibility index (Phi) is 2.30. The minimum absolute atomic E-state index is 0.362. The fraction of sp³-hybridized carbons (Fsp3) is 0.250. The van der Waals surface area contributed by atoms with E-state index in [-0.39, 0.29) is 0 Å². The minimum atomic E-state index is -0.778. The maximum absolute atomic E-state index is 10.4. The number of nitrogens with one attached hydrogen (secondary N) is 1. The summed E-state index contributed by atoms with van der Waals surface area (Å²) in [7, 11) is 0. The van der Waals surface area contributed by atoms with Crippen LogP contribution in [0.15, 0.2) is 5.51 Å². The Morgan fingerprint density at radius 1 is 1.80 bits per heavy atom. The molecule has 0 aliphatic rings. The lowest BCUT2D eigenvalue weighted by molar-refractivity contribution is -0.120. The van der Waals surface area contributed by atoms with Gasteiger partial charge in [0.15, 0.2) is 6.61 Å². The van der Waals surface area contributed by atoms with Gasteiger partial charge < -0.3 is 0 Å². The zero-order valence-corrected chi connectivity index (χ0v) is 5.72. The molecule has 0 bridgehead atoms. The number of hydrogen-bond donors (Lipinski definition) is 1. The quantitative estimate of drug-likeness (QED) is 0.653. The first kappa shape index (κ1) is 7.10. The number of rotatable bonds is 2. The van der Waals surface area contributed by atoms with Crippen molar-refractivity contribution in [3.63, 3.8) is 0 Å². The molecule has 0 saturated heterocycles. The predicted octanol–water partition coefficient (Wildman–Crippen LogP) is -0.0929. The van der Waals surface area contributed by atoms with Crippen LogP contribution in [0.4, 0.5) is 5.13 Å². The SMILES string of the molecule is [O]CC(=O)Nc1nncs1. The highest BCUT2D eigenvalue weighted by molar-refractivity contribution is 7.13. The van der Waals surface area contributed by atoms with Crippen molar-refractivity contribution in [3.8, 4) is 0 Å². The molecule has 1 aromatic rings. The number of anilines is 1. The average molecular weight is 158 g/mol. The van der Waals surface area contributed by atoms with E-state index in [9.17, 15) is 9.90 Å². The molecule has 0 aliphatic carbocycles. The Morgan fingerprint density at radius 2 is 2.60 bits per heavy atom. The molecule has 10 heavy (non-hydrogen) atoms. The first-order valence-corrected chi connectivity index (χ1v) is 3.35. The van der Waals surface area contributed by atoms with E-state index in [4.69, 9.17) is 0 Å². The van der Waals surface area contributed by atoms with Crippen molar-refractivity contribution < 1.29 is 9.90 Å². The summed E-state index contributed by atoms with van der Waals surface area (Å²) in [6, 6.07) is 0. The molecule has 0 aliphatic heterocycles. The third-order valence-corrected chi connectivity index (χ3v) is 1.34. The summed E-state index contributed by atoms with van der Waals surface area (Å²) in [4.78, 5) is 10.4. The van der Waals surface area contributed by atoms with Crippen LogP contribution < -0.4 is 5.32 Å². The van der Waals surface area contributed by atoms with E-state index in [0.717, 1.165) is 0 Å². The lowest BCUT2D eigenvalue weighted by atomic mass is 10.7. The van der Waals surface area contributed by atoms with E-state index >= 15 is 0 Å². The zero-order chi connectivity index (χ0) is 7.40. The summed E-state index contributed by atoms with van der Waals surface area (Å²) in [5.41, 5.74) is 1.47.